The number of nitrogens with zero attached hydrogens (tertiary/aromatic N) is 1. The average molecular weight is 377 g/mol. The summed E-state index contributed by atoms with van der Waals surface area (Å²) < 4.78 is 11.3. The zero-order valence-electron chi connectivity index (χ0n) is 17.4. The third-order valence-corrected chi connectivity index (χ3v) is 5.56. The molecular formula is C22H36N2O3. The van der Waals surface area contributed by atoms with Crippen LogP contribution in [0, 0.1) is 11.8 Å². The molecule has 1 heterocycles. The molecule has 0 spiro atoms. The van der Waals surface area contributed by atoms with Crippen LogP contribution in [-0.4, -0.2) is 50.3 Å². The van der Waals surface area contributed by atoms with Crippen LogP contribution in [-0.2, 0) is 16.1 Å². The summed E-state index contributed by atoms with van der Waals surface area (Å²) in [6, 6.07) is 8.58. The number of likely N-dealkylation sites (N-methyl/N-ethyl adjacent to an activating group) is 1. The van der Waals surface area contributed by atoms with Gasteiger partial charge in [-0.25, -0.2) is 0 Å². The van der Waals surface area contributed by atoms with E-state index in [0.717, 1.165) is 43.9 Å². The topological polar surface area (TPSA) is 50.8 Å². The summed E-state index contributed by atoms with van der Waals surface area (Å²) in [5.41, 5.74) is 1.07. The Bertz CT molecular complexity index is 570. The first-order valence-electron chi connectivity index (χ1n) is 10.2. The van der Waals surface area contributed by atoms with Crippen molar-refractivity contribution in [1.82, 2.24) is 10.2 Å². The van der Waals surface area contributed by atoms with Gasteiger partial charge in [0.1, 0.15) is 12.4 Å². The van der Waals surface area contributed by atoms with Crippen LogP contribution in [0.4, 0.5) is 0 Å². The highest BCUT2D eigenvalue weighted by atomic mass is 16.5. The van der Waals surface area contributed by atoms with Crippen LogP contribution in [0.1, 0.15) is 45.6 Å². The highest BCUT2D eigenvalue weighted by Crippen LogP contribution is 2.16. The number of carbonyl (C=O) groups excluding carboxylic acids is 1. The Kier molecular flexibility index (Phi) is 9.08. The van der Waals surface area contributed by atoms with Crippen molar-refractivity contribution in [3.63, 3.8) is 0 Å². The monoisotopic (exact) mass is 376 g/mol. The number of nitrogens with one attached hydrogen (secondary N) is 1. The fourth-order valence-corrected chi connectivity index (χ4v) is 3.16. The van der Waals surface area contributed by atoms with Gasteiger partial charge in [0, 0.05) is 38.8 Å². The van der Waals surface area contributed by atoms with Crippen molar-refractivity contribution in [3.05, 3.63) is 29.8 Å². The van der Waals surface area contributed by atoms with Gasteiger partial charge in [-0.1, -0.05) is 32.9 Å². The molecule has 1 fully saturated rings. The van der Waals surface area contributed by atoms with Crippen molar-refractivity contribution < 1.29 is 14.3 Å². The number of benzene rings is 1. The molecular weight excluding hydrogens is 340 g/mol. The normalized spacial score (nSPS) is 16.5. The second kappa shape index (κ2) is 11.3. The van der Waals surface area contributed by atoms with Gasteiger partial charge in [-0.05, 0) is 49.4 Å². The molecule has 5 heteroatoms. The van der Waals surface area contributed by atoms with Crippen LogP contribution in [0.5, 0.6) is 5.75 Å². The van der Waals surface area contributed by atoms with E-state index >= 15 is 0 Å². The predicted octanol–water partition coefficient (Wildman–Crippen LogP) is 3.47. The van der Waals surface area contributed by atoms with Gasteiger partial charge in [0.2, 0.25) is 5.91 Å². The van der Waals surface area contributed by atoms with Crippen LogP contribution in [0.3, 0.4) is 0 Å². The van der Waals surface area contributed by atoms with Crippen molar-refractivity contribution in [2.75, 3.05) is 33.4 Å². The van der Waals surface area contributed by atoms with Gasteiger partial charge in [0.05, 0.1) is 0 Å². The maximum absolute atomic E-state index is 12.1. The maximum Gasteiger partial charge on any atom is 0.220 e. The third-order valence-electron chi connectivity index (χ3n) is 5.56. The van der Waals surface area contributed by atoms with Gasteiger partial charge in [-0.15, -0.1) is 0 Å². The lowest BCUT2D eigenvalue weighted by Gasteiger charge is -2.31. The molecule has 1 aromatic rings. The first-order valence-corrected chi connectivity index (χ1v) is 10.2. The van der Waals surface area contributed by atoms with E-state index in [9.17, 15) is 4.79 Å². The minimum absolute atomic E-state index is 0.112. The molecule has 1 amide bonds. The number of carbonyl (C=O) groups is 1. The number of hydrogen-bond acceptors (Lipinski definition) is 4. The van der Waals surface area contributed by atoms with Crippen molar-refractivity contribution in [3.8, 4) is 5.75 Å². The molecule has 1 saturated heterocycles. The standard InChI is InChI=1S/C22H36N2O3/c1-17(2)18(3)14-22(25)23-16-19-6-5-7-21(15-19)27-13-10-24(4)20-8-11-26-12-9-20/h5-7,15,17-18,20H,8-14,16H2,1-4H3,(H,23,25). The second-order valence-electron chi connectivity index (χ2n) is 8.02. The van der Waals surface area contributed by atoms with E-state index in [4.69, 9.17) is 9.47 Å². The largest absolute Gasteiger partial charge is 0.492 e. The fraction of sp³-hybridized carbons (Fsp3) is 0.682. The number of ether oxygens (including phenoxy) is 2. The molecule has 0 radical (unpaired) electrons. The van der Waals surface area contributed by atoms with E-state index in [0.29, 0.717) is 37.5 Å². The van der Waals surface area contributed by atoms with Crippen LogP contribution in [0.25, 0.3) is 0 Å². The Hall–Kier alpha value is -1.59. The van der Waals surface area contributed by atoms with Crippen LogP contribution >= 0.6 is 0 Å². The first-order chi connectivity index (χ1) is 13.0. The summed E-state index contributed by atoms with van der Waals surface area (Å²) in [5.74, 6) is 1.89. The van der Waals surface area contributed by atoms with Gasteiger partial charge in [-0.2, -0.15) is 0 Å². The second-order valence-corrected chi connectivity index (χ2v) is 8.02. The summed E-state index contributed by atoms with van der Waals surface area (Å²) in [4.78, 5) is 14.4. The Morgan fingerprint density at radius 3 is 2.74 bits per heavy atom. The summed E-state index contributed by atoms with van der Waals surface area (Å²) in [5, 5.41) is 3.01. The van der Waals surface area contributed by atoms with E-state index in [1.165, 1.54) is 0 Å². The molecule has 1 aliphatic rings. The lowest BCUT2D eigenvalue weighted by molar-refractivity contribution is -0.122. The molecule has 1 N–H and O–H groups in total. The Morgan fingerprint density at radius 1 is 1.30 bits per heavy atom. The molecule has 0 bridgehead atoms. The molecule has 0 saturated carbocycles. The van der Waals surface area contributed by atoms with Crippen molar-refractivity contribution in [2.45, 2.75) is 52.6 Å². The molecule has 2 rings (SSSR count). The highest BCUT2D eigenvalue weighted by molar-refractivity contribution is 5.76. The number of hydrogen-bond donors (Lipinski definition) is 1. The maximum atomic E-state index is 12.1. The fourth-order valence-electron chi connectivity index (χ4n) is 3.16. The van der Waals surface area contributed by atoms with Crippen molar-refractivity contribution in [2.24, 2.45) is 11.8 Å². The summed E-state index contributed by atoms with van der Waals surface area (Å²) in [6.45, 7) is 10.3. The Labute approximate surface area is 164 Å². The quantitative estimate of drug-likeness (QED) is 0.679. The Morgan fingerprint density at radius 2 is 2.04 bits per heavy atom. The van der Waals surface area contributed by atoms with Gasteiger partial charge >= 0.3 is 0 Å². The zero-order valence-corrected chi connectivity index (χ0v) is 17.4. The van der Waals surface area contributed by atoms with Gasteiger partial charge in [-0.3, -0.25) is 9.69 Å². The zero-order chi connectivity index (χ0) is 19.6. The molecule has 27 heavy (non-hydrogen) atoms. The van der Waals surface area contributed by atoms with Crippen LogP contribution in [0.2, 0.25) is 0 Å². The van der Waals surface area contributed by atoms with E-state index in [1.54, 1.807) is 0 Å². The number of rotatable bonds is 10. The van der Waals surface area contributed by atoms with E-state index in [-0.39, 0.29) is 5.91 Å². The first kappa shape index (κ1) is 21.7. The van der Waals surface area contributed by atoms with E-state index in [2.05, 4.69) is 38.0 Å². The molecule has 1 unspecified atom stereocenters. The third kappa shape index (κ3) is 7.89. The SMILES string of the molecule is CC(C)C(C)CC(=O)NCc1cccc(OCCN(C)C2CCOCC2)c1. The smallest absolute Gasteiger partial charge is 0.220 e. The van der Waals surface area contributed by atoms with Gasteiger partial charge in [0.15, 0.2) is 0 Å². The van der Waals surface area contributed by atoms with Crippen LogP contribution in [0.15, 0.2) is 24.3 Å². The molecule has 5 nitrogen and oxygen atoms in total. The lowest BCUT2D eigenvalue weighted by Crippen LogP contribution is -2.38. The minimum Gasteiger partial charge on any atom is -0.492 e. The molecule has 152 valence electrons. The molecule has 1 aliphatic heterocycles. The average Bonchev–Trinajstić information content (AvgIpc) is 2.67. The van der Waals surface area contributed by atoms with E-state index in [1.807, 2.05) is 24.3 Å². The molecule has 0 aromatic heterocycles. The van der Waals surface area contributed by atoms with Crippen LogP contribution < -0.4 is 10.1 Å². The summed E-state index contributed by atoms with van der Waals surface area (Å²) >= 11 is 0. The summed E-state index contributed by atoms with van der Waals surface area (Å²) in [7, 11) is 2.16. The molecule has 1 atom stereocenters. The Balaban J connectivity index is 1.72. The molecule has 1 aromatic carbocycles. The minimum atomic E-state index is 0.112. The van der Waals surface area contributed by atoms with Crippen molar-refractivity contribution >= 4 is 5.91 Å². The summed E-state index contributed by atoms with van der Waals surface area (Å²) in [6.07, 6.45) is 2.77. The predicted molar refractivity (Wildman–Crippen MR) is 109 cm³/mol. The lowest BCUT2D eigenvalue weighted by atomic mass is 9.94. The van der Waals surface area contributed by atoms with Crippen molar-refractivity contribution in [1.29, 1.82) is 0 Å². The molecule has 0 aliphatic carbocycles. The van der Waals surface area contributed by atoms with E-state index < -0.39 is 0 Å². The van der Waals surface area contributed by atoms with Gasteiger partial charge < -0.3 is 14.8 Å². The van der Waals surface area contributed by atoms with Gasteiger partial charge in [0.25, 0.3) is 0 Å². The highest BCUT2D eigenvalue weighted by Gasteiger charge is 2.18. The number of amides is 1.